The van der Waals surface area contributed by atoms with E-state index in [1.165, 1.54) is 0 Å². The molecule has 1 aliphatic rings. The lowest BCUT2D eigenvalue weighted by atomic mass is 9.96. The zero-order chi connectivity index (χ0) is 19.6. The number of hydrogen-bond acceptors (Lipinski definition) is 4. The van der Waals surface area contributed by atoms with Gasteiger partial charge in [0, 0.05) is 44.2 Å². The molecule has 26 heavy (non-hydrogen) atoms. The number of morpholine rings is 1. The van der Waals surface area contributed by atoms with Crippen LogP contribution in [0.1, 0.15) is 41.5 Å². The summed E-state index contributed by atoms with van der Waals surface area (Å²) in [6, 6.07) is 0.412. The second kappa shape index (κ2) is 11.4. The van der Waals surface area contributed by atoms with Crippen molar-refractivity contribution < 1.29 is 9.53 Å². The van der Waals surface area contributed by atoms with Gasteiger partial charge in [-0.1, -0.05) is 34.6 Å². The molecule has 1 saturated heterocycles. The van der Waals surface area contributed by atoms with E-state index in [0.29, 0.717) is 25.0 Å². The van der Waals surface area contributed by atoms with Gasteiger partial charge in [-0.2, -0.15) is 0 Å². The molecule has 0 aromatic rings. The van der Waals surface area contributed by atoms with Crippen LogP contribution in [0.25, 0.3) is 0 Å². The lowest BCUT2D eigenvalue weighted by molar-refractivity contribution is -0.128. The Balaban J connectivity index is 2.51. The van der Waals surface area contributed by atoms with Crippen molar-refractivity contribution in [2.45, 2.75) is 47.6 Å². The van der Waals surface area contributed by atoms with E-state index in [2.05, 4.69) is 41.6 Å². The van der Waals surface area contributed by atoms with Crippen LogP contribution < -0.4 is 16.0 Å². The average Bonchev–Trinajstić information content (AvgIpc) is 2.58. The molecule has 1 rings (SSSR count). The minimum absolute atomic E-state index is 0.0634. The molecule has 0 aromatic carbocycles. The first-order chi connectivity index (χ1) is 12.3. The number of nitrogens with one attached hydrogen (secondary N) is 3. The molecule has 0 aromatic heterocycles. The molecule has 0 aliphatic carbocycles. The Labute approximate surface area is 159 Å². The Bertz CT molecular complexity index is 440. The van der Waals surface area contributed by atoms with Crippen molar-refractivity contribution >= 4 is 11.9 Å². The highest BCUT2D eigenvalue weighted by Gasteiger charge is 2.23. The second-order valence-electron chi connectivity index (χ2n) is 8.11. The smallest absolute Gasteiger partial charge is 0.225 e. The van der Waals surface area contributed by atoms with Gasteiger partial charge in [-0.05, 0) is 12.8 Å². The van der Waals surface area contributed by atoms with Crippen molar-refractivity contribution in [2.24, 2.45) is 16.3 Å². The summed E-state index contributed by atoms with van der Waals surface area (Å²) in [6.07, 6.45) is 0. The summed E-state index contributed by atoms with van der Waals surface area (Å²) in [5, 5.41) is 9.54. The van der Waals surface area contributed by atoms with E-state index in [1.807, 2.05) is 20.8 Å². The lowest BCUT2D eigenvalue weighted by Gasteiger charge is -2.36. The van der Waals surface area contributed by atoms with Crippen LogP contribution in [0.15, 0.2) is 4.99 Å². The fourth-order valence-corrected chi connectivity index (χ4v) is 2.81. The largest absolute Gasteiger partial charge is 0.379 e. The number of nitrogens with zero attached hydrogens (tertiary/aromatic N) is 2. The molecule has 7 heteroatoms. The Hall–Kier alpha value is -1.34. The Morgan fingerprint density at radius 1 is 1.12 bits per heavy atom. The minimum atomic E-state index is -0.360. The lowest BCUT2D eigenvalue weighted by Crippen LogP contribution is -2.48. The van der Waals surface area contributed by atoms with E-state index in [9.17, 15) is 4.79 Å². The van der Waals surface area contributed by atoms with Crippen molar-refractivity contribution in [3.63, 3.8) is 0 Å². The van der Waals surface area contributed by atoms with E-state index in [0.717, 1.165) is 45.4 Å². The number of amides is 1. The summed E-state index contributed by atoms with van der Waals surface area (Å²) in [4.78, 5) is 19.2. The van der Waals surface area contributed by atoms with Gasteiger partial charge in [0.2, 0.25) is 5.91 Å². The van der Waals surface area contributed by atoms with Gasteiger partial charge in [0.1, 0.15) is 0 Å². The highest BCUT2D eigenvalue weighted by molar-refractivity contribution is 5.81. The first kappa shape index (κ1) is 22.7. The van der Waals surface area contributed by atoms with Crippen molar-refractivity contribution in [1.29, 1.82) is 0 Å². The fourth-order valence-electron chi connectivity index (χ4n) is 2.81. The highest BCUT2D eigenvalue weighted by Crippen LogP contribution is 2.13. The van der Waals surface area contributed by atoms with Gasteiger partial charge >= 0.3 is 0 Å². The van der Waals surface area contributed by atoms with Crippen LogP contribution in [-0.2, 0) is 9.53 Å². The maximum atomic E-state index is 11.9. The van der Waals surface area contributed by atoms with E-state index < -0.39 is 0 Å². The Kier molecular flexibility index (Phi) is 9.94. The van der Waals surface area contributed by atoms with E-state index in [-0.39, 0.29) is 11.3 Å². The van der Waals surface area contributed by atoms with E-state index in [4.69, 9.17) is 9.73 Å². The normalized spacial score (nSPS) is 17.9. The molecule has 1 amide bonds. The predicted octanol–water partition coefficient (Wildman–Crippen LogP) is 1.06. The number of rotatable bonds is 8. The molecule has 0 saturated carbocycles. The number of hydrogen-bond donors (Lipinski definition) is 3. The number of carbonyl (C=O) groups excluding carboxylic acids is 1. The molecule has 1 unspecified atom stereocenters. The van der Waals surface area contributed by atoms with Crippen LogP contribution >= 0.6 is 0 Å². The summed E-state index contributed by atoms with van der Waals surface area (Å²) in [5.74, 6) is 1.40. The fraction of sp³-hybridized carbons (Fsp3) is 0.895. The molecule has 0 bridgehead atoms. The summed E-state index contributed by atoms with van der Waals surface area (Å²) < 4.78 is 5.47. The minimum Gasteiger partial charge on any atom is -0.379 e. The van der Waals surface area contributed by atoms with Gasteiger partial charge in [-0.3, -0.25) is 14.7 Å². The molecule has 3 N–H and O–H groups in total. The summed E-state index contributed by atoms with van der Waals surface area (Å²) >= 11 is 0. The molecule has 0 radical (unpaired) electrons. The molecule has 1 aliphatic heterocycles. The number of guanidine groups is 1. The van der Waals surface area contributed by atoms with Crippen LogP contribution in [-0.4, -0.2) is 75.3 Å². The van der Waals surface area contributed by atoms with Gasteiger partial charge in [-0.25, -0.2) is 0 Å². The SMILES string of the molecule is CCNC(=NCC(C(C)C)N1CCOCC1)NCCNC(=O)C(C)(C)C. The summed E-state index contributed by atoms with van der Waals surface area (Å²) in [6.45, 7) is 18.6. The first-order valence-electron chi connectivity index (χ1n) is 9.88. The Morgan fingerprint density at radius 2 is 1.73 bits per heavy atom. The molecule has 0 spiro atoms. The van der Waals surface area contributed by atoms with Crippen LogP contribution in [0, 0.1) is 11.3 Å². The zero-order valence-corrected chi connectivity index (χ0v) is 17.5. The topological polar surface area (TPSA) is 78.0 Å². The quantitative estimate of drug-likeness (QED) is 0.339. The van der Waals surface area contributed by atoms with Crippen LogP contribution in [0.5, 0.6) is 0 Å². The second-order valence-corrected chi connectivity index (χ2v) is 8.11. The molecular weight excluding hydrogens is 330 g/mol. The van der Waals surface area contributed by atoms with Crippen LogP contribution in [0.2, 0.25) is 0 Å². The molecule has 152 valence electrons. The van der Waals surface area contributed by atoms with Crippen molar-refractivity contribution in [3.8, 4) is 0 Å². The number of carbonyl (C=O) groups is 1. The maximum absolute atomic E-state index is 11.9. The third-order valence-electron chi connectivity index (χ3n) is 4.45. The van der Waals surface area contributed by atoms with Crippen LogP contribution in [0.3, 0.4) is 0 Å². The van der Waals surface area contributed by atoms with Gasteiger partial charge in [0.25, 0.3) is 0 Å². The number of ether oxygens (including phenoxy) is 1. The molecular formula is C19H39N5O2. The van der Waals surface area contributed by atoms with Crippen molar-refractivity contribution in [2.75, 3.05) is 52.5 Å². The van der Waals surface area contributed by atoms with Gasteiger partial charge in [0.05, 0.1) is 19.8 Å². The van der Waals surface area contributed by atoms with E-state index in [1.54, 1.807) is 0 Å². The van der Waals surface area contributed by atoms with E-state index >= 15 is 0 Å². The predicted molar refractivity (Wildman–Crippen MR) is 107 cm³/mol. The summed E-state index contributed by atoms with van der Waals surface area (Å²) in [5.41, 5.74) is -0.360. The standard InChI is InChI=1S/C19H39N5O2/c1-7-20-18(22-9-8-21-17(25)19(4,5)6)23-14-16(15(2)3)24-10-12-26-13-11-24/h15-16H,7-14H2,1-6H3,(H,21,25)(H2,20,22,23). The molecule has 1 atom stereocenters. The molecule has 1 heterocycles. The number of aliphatic imine (C=N–C) groups is 1. The Morgan fingerprint density at radius 3 is 2.27 bits per heavy atom. The van der Waals surface area contributed by atoms with Crippen molar-refractivity contribution in [1.82, 2.24) is 20.9 Å². The third-order valence-corrected chi connectivity index (χ3v) is 4.45. The first-order valence-corrected chi connectivity index (χ1v) is 9.88. The van der Waals surface area contributed by atoms with Crippen molar-refractivity contribution in [3.05, 3.63) is 0 Å². The highest BCUT2D eigenvalue weighted by atomic mass is 16.5. The third kappa shape index (κ3) is 8.36. The monoisotopic (exact) mass is 369 g/mol. The van der Waals surface area contributed by atoms with Gasteiger partial charge in [-0.15, -0.1) is 0 Å². The molecule has 7 nitrogen and oxygen atoms in total. The maximum Gasteiger partial charge on any atom is 0.225 e. The summed E-state index contributed by atoms with van der Waals surface area (Å²) in [7, 11) is 0. The average molecular weight is 370 g/mol. The molecule has 1 fully saturated rings. The van der Waals surface area contributed by atoms with Crippen LogP contribution in [0.4, 0.5) is 0 Å². The van der Waals surface area contributed by atoms with Gasteiger partial charge < -0.3 is 20.7 Å². The zero-order valence-electron chi connectivity index (χ0n) is 17.5. The van der Waals surface area contributed by atoms with Gasteiger partial charge in [0.15, 0.2) is 5.96 Å².